The average molecular weight is 334 g/mol. The summed E-state index contributed by atoms with van der Waals surface area (Å²) >= 11 is 0. The second kappa shape index (κ2) is 9.23. The lowest BCUT2D eigenvalue weighted by Crippen LogP contribution is -2.36. The molecule has 21 heavy (non-hydrogen) atoms. The van der Waals surface area contributed by atoms with Crippen molar-refractivity contribution in [3.8, 4) is 0 Å². The third kappa shape index (κ3) is 5.46. The molecule has 0 unspecified atom stereocenters. The molecule has 3 N–H and O–H groups in total. The molecule has 1 aliphatic carbocycles. The second-order valence-electron chi connectivity index (χ2n) is 5.68. The minimum Gasteiger partial charge on any atom is -0.330 e. The molecule has 1 aromatic heterocycles. The number of hydrogen-bond donors (Lipinski definition) is 2. The van der Waals surface area contributed by atoms with Gasteiger partial charge in [-0.05, 0) is 43.4 Å². The molecule has 1 heterocycles. The lowest BCUT2D eigenvalue weighted by molar-refractivity contribution is -0.118. The molecule has 0 atom stereocenters. The Morgan fingerprint density at radius 1 is 1.33 bits per heavy atom. The summed E-state index contributed by atoms with van der Waals surface area (Å²) in [6.07, 6.45) is 9.80. The van der Waals surface area contributed by atoms with Crippen LogP contribution in [0.3, 0.4) is 0 Å². The van der Waals surface area contributed by atoms with Gasteiger partial charge in [-0.25, -0.2) is 0 Å². The molecule has 6 heteroatoms. The second-order valence-corrected chi connectivity index (χ2v) is 5.68. The van der Waals surface area contributed by atoms with Crippen molar-refractivity contribution < 1.29 is 4.79 Å². The first-order chi connectivity index (χ1) is 9.15. The van der Waals surface area contributed by atoms with Gasteiger partial charge in [-0.2, -0.15) is 0 Å². The Morgan fingerprint density at radius 2 is 2.00 bits per heavy atom. The number of hydrogen-bond acceptors (Lipinski definition) is 3. The van der Waals surface area contributed by atoms with E-state index in [1.54, 1.807) is 12.4 Å². The molecule has 1 aromatic rings. The predicted molar refractivity (Wildman–Crippen MR) is 91.3 cm³/mol. The molecule has 0 aliphatic heterocycles. The van der Waals surface area contributed by atoms with Crippen LogP contribution < -0.4 is 11.1 Å². The highest BCUT2D eigenvalue weighted by Gasteiger charge is 2.32. The maximum Gasteiger partial charge on any atom is 0.224 e. The van der Waals surface area contributed by atoms with E-state index >= 15 is 0 Å². The summed E-state index contributed by atoms with van der Waals surface area (Å²) in [4.78, 5) is 16.2. The van der Waals surface area contributed by atoms with E-state index in [2.05, 4.69) is 10.3 Å². The fourth-order valence-corrected chi connectivity index (χ4v) is 2.90. The number of rotatable bonds is 4. The van der Waals surface area contributed by atoms with Crippen molar-refractivity contribution in [3.63, 3.8) is 0 Å². The Balaban J connectivity index is 0.00000200. The summed E-state index contributed by atoms with van der Waals surface area (Å²) in [6, 6.07) is 1.84. The first-order valence-corrected chi connectivity index (χ1v) is 7.06. The molecule has 0 spiro atoms. The zero-order chi connectivity index (χ0) is 13.7. The normalized spacial score (nSPS) is 16.3. The first kappa shape index (κ1) is 20.2. The van der Waals surface area contributed by atoms with Crippen molar-refractivity contribution in [1.82, 2.24) is 4.98 Å². The van der Waals surface area contributed by atoms with E-state index in [0.29, 0.717) is 13.0 Å². The van der Waals surface area contributed by atoms with Crippen molar-refractivity contribution in [2.75, 3.05) is 11.9 Å². The maximum absolute atomic E-state index is 12.2. The number of carbonyl (C=O) groups excluding carboxylic acids is 1. The fraction of sp³-hybridized carbons (Fsp3) is 0.600. The summed E-state index contributed by atoms with van der Waals surface area (Å²) in [5.74, 6) is 0.0710. The van der Waals surface area contributed by atoms with E-state index in [1.807, 2.05) is 13.0 Å². The summed E-state index contributed by atoms with van der Waals surface area (Å²) in [6.45, 7) is 2.55. The Kier molecular flexibility index (Phi) is 8.86. The third-order valence-corrected chi connectivity index (χ3v) is 4.18. The van der Waals surface area contributed by atoms with Crippen LogP contribution in [0.15, 0.2) is 18.5 Å². The van der Waals surface area contributed by atoms with Gasteiger partial charge in [0.2, 0.25) is 5.91 Å². The number of nitrogens with one attached hydrogen (secondary N) is 1. The lowest BCUT2D eigenvalue weighted by Gasteiger charge is -2.35. The molecule has 1 fully saturated rings. The monoisotopic (exact) mass is 333 g/mol. The summed E-state index contributed by atoms with van der Waals surface area (Å²) in [5, 5.41) is 2.98. The number of anilines is 1. The third-order valence-electron chi connectivity index (χ3n) is 4.18. The summed E-state index contributed by atoms with van der Waals surface area (Å²) < 4.78 is 0. The highest BCUT2D eigenvalue weighted by molar-refractivity contribution is 5.91. The molecule has 0 aromatic carbocycles. The highest BCUT2D eigenvalue weighted by Crippen LogP contribution is 2.38. The minimum absolute atomic E-state index is 0. The number of nitrogens with two attached hydrogens (primary N) is 1. The van der Waals surface area contributed by atoms with E-state index in [0.717, 1.165) is 24.1 Å². The van der Waals surface area contributed by atoms with Crippen LogP contribution >= 0.6 is 24.8 Å². The van der Waals surface area contributed by atoms with Gasteiger partial charge in [0.25, 0.3) is 0 Å². The van der Waals surface area contributed by atoms with Crippen LogP contribution in [0.1, 0.15) is 44.1 Å². The average Bonchev–Trinajstić information content (AvgIpc) is 2.42. The topological polar surface area (TPSA) is 68.0 Å². The molecule has 2 rings (SSSR count). The van der Waals surface area contributed by atoms with Gasteiger partial charge in [-0.3, -0.25) is 9.78 Å². The first-order valence-electron chi connectivity index (χ1n) is 7.06. The largest absolute Gasteiger partial charge is 0.330 e. The number of aromatic nitrogens is 1. The molecule has 1 saturated carbocycles. The van der Waals surface area contributed by atoms with E-state index in [-0.39, 0.29) is 36.1 Å². The zero-order valence-corrected chi connectivity index (χ0v) is 14.1. The van der Waals surface area contributed by atoms with Crippen LogP contribution in [-0.2, 0) is 4.79 Å². The quantitative estimate of drug-likeness (QED) is 0.886. The van der Waals surface area contributed by atoms with Gasteiger partial charge in [0.05, 0.1) is 0 Å². The number of halogens is 2. The van der Waals surface area contributed by atoms with Gasteiger partial charge in [0, 0.05) is 24.5 Å². The van der Waals surface area contributed by atoms with E-state index in [1.165, 1.54) is 19.3 Å². The molecular formula is C15H25Cl2N3O. The summed E-state index contributed by atoms with van der Waals surface area (Å²) in [7, 11) is 0. The SMILES string of the molecule is Cc1cnccc1NC(=O)CC1(CN)CCCCC1.Cl.Cl. The van der Waals surface area contributed by atoms with Gasteiger partial charge in [-0.1, -0.05) is 19.3 Å². The van der Waals surface area contributed by atoms with Gasteiger partial charge in [0.1, 0.15) is 0 Å². The smallest absolute Gasteiger partial charge is 0.224 e. The van der Waals surface area contributed by atoms with E-state index in [4.69, 9.17) is 5.73 Å². The van der Waals surface area contributed by atoms with Crippen LogP contribution in [0.25, 0.3) is 0 Å². The zero-order valence-electron chi connectivity index (χ0n) is 12.4. The number of amides is 1. The Bertz CT molecular complexity index is 448. The van der Waals surface area contributed by atoms with Crippen molar-refractivity contribution in [1.29, 1.82) is 0 Å². The standard InChI is InChI=1S/C15H23N3O.2ClH/c1-12-10-17-8-5-13(12)18-14(19)9-15(11-16)6-3-2-4-7-15;;/h5,8,10H,2-4,6-7,9,11,16H2,1H3,(H,17,18,19);2*1H. The number of carbonyl (C=O) groups is 1. The minimum atomic E-state index is 0. The van der Waals surface area contributed by atoms with Gasteiger partial charge >= 0.3 is 0 Å². The van der Waals surface area contributed by atoms with Crippen LogP contribution in [0.4, 0.5) is 5.69 Å². The lowest BCUT2D eigenvalue weighted by atomic mass is 9.71. The van der Waals surface area contributed by atoms with Gasteiger partial charge < -0.3 is 11.1 Å². The van der Waals surface area contributed by atoms with Gasteiger partial charge in [0.15, 0.2) is 0 Å². The summed E-state index contributed by atoms with van der Waals surface area (Å²) in [5.41, 5.74) is 7.77. The van der Waals surface area contributed by atoms with Crippen molar-refractivity contribution in [2.45, 2.75) is 45.4 Å². The van der Waals surface area contributed by atoms with Crippen LogP contribution in [0.2, 0.25) is 0 Å². The Hall–Kier alpha value is -0.840. The molecule has 1 amide bonds. The fourth-order valence-electron chi connectivity index (χ4n) is 2.90. The Morgan fingerprint density at radius 3 is 2.57 bits per heavy atom. The van der Waals surface area contributed by atoms with Crippen molar-refractivity contribution in [2.24, 2.45) is 11.1 Å². The van der Waals surface area contributed by atoms with Crippen LogP contribution in [0.5, 0.6) is 0 Å². The van der Waals surface area contributed by atoms with E-state index < -0.39 is 0 Å². The molecular weight excluding hydrogens is 309 g/mol. The molecule has 120 valence electrons. The molecule has 1 aliphatic rings. The predicted octanol–water partition coefficient (Wildman–Crippen LogP) is 3.47. The molecule has 0 saturated heterocycles. The Labute approximate surface area is 139 Å². The van der Waals surface area contributed by atoms with Crippen LogP contribution in [-0.4, -0.2) is 17.4 Å². The van der Waals surface area contributed by atoms with Crippen molar-refractivity contribution >= 4 is 36.4 Å². The van der Waals surface area contributed by atoms with Crippen molar-refractivity contribution in [3.05, 3.63) is 24.0 Å². The molecule has 0 bridgehead atoms. The van der Waals surface area contributed by atoms with E-state index in [9.17, 15) is 4.79 Å². The molecule has 0 radical (unpaired) electrons. The number of aryl methyl sites for hydroxylation is 1. The van der Waals surface area contributed by atoms with Gasteiger partial charge in [-0.15, -0.1) is 24.8 Å². The number of nitrogens with zero attached hydrogens (tertiary/aromatic N) is 1. The van der Waals surface area contributed by atoms with Crippen LogP contribution in [0, 0.1) is 12.3 Å². The highest BCUT2D eigenvalue weighted by atomic mass is 35.5. The molecule has 4 nitrogen and oxygen atoms in total. The number of pyridine rings is 1. The maximum atomic E-state index is 12.2.